The monoisotopic (exact) mass is 353 g/mol. The Kier molecular flexibility index (Phi) is 5.50. The molecule has 1 aliphatic rings. The molecule has 0 bridgehead atoms. The van der Waals surface area contributed by atoms with E-state index in [1.165, 1.54) is 5.56 Å². The Morgan fingerprint density at radius 2 is 1.77 bits per heavy atom. The average molecular weight is 353 g/mol. The Morgan fingerprint density at radius 3 is 2.35 bits per heavy atom. The summed E-state index contributed by atoms with van der Waals surface area (Å²) in [6.45, 7) is 5.99. The molecule has 1 N–H and O–H groups in total. The van der Waals surface area contributed by atoms with Crippen molar-refractivity contribution in [2.24, 2.45) is 5.92 Å². The van der Waals surface area contributed by atoms with E-state index < -0.39 is 0 Å². The van der Waals surface area contributed by atoms with E-state index in [2.05, 4.69) is 36.5 Å². The van der Waals surface area contributed by atoms with Gasteiger partial charge in [-0.3, -0.25) is 4.79 Å². The molecule has 4 nitrogen and oxygen atoms in total. The van der Waals surface area contributed by atoms with Gasteiger partial charge in [-0.15, -0.1) is 0 Å². The second-order valence-electron chi connectivity index (χ2n) is 7.23. The average Bonchev–Trinajstić information content (AvgIpc) is 3.45. The van der Waals surface area contributed by atoms with Gasteiger partial charge in [-0.05, 0) is 63.3 Å². The van der Waals surface area contributed by atoms with Crippen LogP contribution in [0.25, 0.3) is 0 Å². The van der Waals surface area contributed by atoms with Crippen molar-refractivity contribution in [1.29, 1.82) is 0 Å². The molecule has 1 aliphatic carbocycles. The second kappa shape index (κ2) is 7.81. The number of benzene rings is 2. The SMILES string of the molecule is COc1cc(C(=O)NC(c2ccc(C)cc2)C2CC2)ccc1OC(C)C. The van der Waals surface area contributed by atoms with E-state index in [0.29, 0.717) is 23.0 Å². The van der Waals surface area contributed by atoms with Gasteiger partial charge in [-0.2, -0.15) is 0 Å². The molecule has 0 aliphatic heterocycles. The maximum Gasteiger partial charge on any atom is 0.251 e. The molecule has 0 spiro atoms. The second-order valence-corrected chi connectivity index (χ2v) is 7.23. The first kappa shape index (κ1) is 18.3. The number of methoxy groups -OCH3 is 1. The molecule has 0 radical (unpaired) electrons. The minimum Gasteiger partial charge on any atom is -0.493 e. The topological polar surface area (TPSA) is 47.6 Å². The summed E-state index contributed by atoms with van der Waals surface area (Å²) in [5, 5.41) is 3.21. The van der Waals surface area contributed by atoms with Crippen LogP contribution in [-0.4, -0.2) is 19.1 Å². The highest BCUT2D eigenvalue weighted by atomic mass is 16.5. The number of ether oxygens (including phenoxy) is 2. The van der Waals surface area contributed by atoms with E-state index in [1.807, 2.05) is 13.8 Å². The number of hydrogen-bond donors (Lipinski definition) is 1. The minimum atomic E-state index is -0.0862. The first-order chi connectivity index (χ1) is 12.5. The Morgan fingerprint density at radius 1 is 1.08 bits per heavy atom. The lowest BCUT2D eigenvalue weighted by Gasteiger charge is -2.20. The van der Waals surface area contributed by atoms with Crippen LogP contribution in [0.4, 0.5) is 0 Å². The molecule has 1 amide bonds. The molecule has 2 aromatic carbocycles. The fraction of sp³-hybridized carbons (Fsp3) is 0.409. The van der Waals surface area contributed by atoms with Gasteiger partial charge in [-0.25, -0.2) is 0 Å². The van der Waals surface area contributed by atoms with Crippen molar-refractivity contribution < 1.29 is 14.3 Å². The molecular formula is C22H27NO3. The molecule has 1 unspecified atom stereocenters. The summed E-state index contributed by atoms with van der Waals surface area (Å²) < 4.78 is 11.1. The quantitative estimate of drug-likeness (QED) is 0.787. The van der Waals surface area contributed by atoms with Crippen LogP contribution in [0, 0.1) is 12.8 Å². The number of hydrogen-bond acceptors (Lipinski definition) is 3. The van der Waals surface area contributed by atoms with Crippen LogP contribution >= 0.6 is 0 Å². The van der Waals surface area contributed by atoms with E-state index >= 15 is 0 Å². The molecule has 0 heterocycles. The van der Waals surface area contributed by atoms with Gasteiger partial charge in [0, 0.05) is 5.56 Å². The van der Waals surface area contributed by atoms with Crippen molar-refractivity contribution in [2.45, 2.75) is 45.8 Å². The molecule has 1 saturated carbocycles. The third kappa shape index (κ3) is 4.37. The third-order valence-electron chi connectivity index (χ3n) is 4.60. The van der Waals surface area contributed by atoms with Crippen LogP contribution in [0.1, 0.15) is 54.2 Å². The smallest absolute Gasteiger partial charge is 0.251 e. The molecular weight excluding hydrogens is 326 g/mol. The summed E-state index contributed by atoms with van der Waals surface area (Å²) in [4.78, 5) is 12.8. The molecule has 4 heteroatoms. The van der Waals surface area contributed by atoms with Gasteiger partial charge >= 0.3 is 0 Å². The summed E-state index contributed by atoms with van der Waals surface area (Å²) in [5.41, 5.74) is 2.97. The lowest BCUT2D eigenvalue weighted by molar-refractivity contribution is 0.0931. The van der Waals surface area contributed by atoms with Gasteiger partial charge < -0.3 is 14.8 Å². The summed E-state index contributed by atoms with van der Waals surface area (Å²) in [6, 6.07) is 13.8. The van der Waals surface area contributed by atoms with Crippen molar-refractivity contribution in [1.82, 2.24) is 5.32 Å². The summed E-state index contributed by atoms with van der Waals surface area (Å²) >= 11 is 0. The molecule has 1 fully saturated rings. The number of carbonyl (C=O) groups is 1. The lowest BCUT2D eigenvalue weighted by Crippen LogP contribution is -2.29. The minimum absolute atomic E-state index is 0.0457. The zero-order valence-corrected chi connectivity index (χ0v) is 15.9. The standard InChI is InChI=1S/C22H27NO3/c1-14(2)26-19-12-11-18(13-20(19)25-4)22(24)23-21(17-9-10-17)16-7-5-15(3)6-8-16/h5-8,11-14,17,21H,9-10H2,1-4H3,(H,23,24). The molecule has 2 aromatic rings. The molecule has 1 atom stereocenters. The zero-order chi connectivity index (χ0) is 18.7. The maximum absolute atomic E-state index is 12.8. The summed E-state index contributed by atoms with van der Waals surface area (Å²) in [6.07, 6.45) is 2.36. The molecule has 26 heavy (non-hydrogen) atoms. The van der Waals surface area contributed by atoms with Crippen LogP contribution in [-0.2, 0) is 0 Å². The lowest BCUT2D eigenvalue weighted by atomic mass is 10.0. The highest BCUT2D eigenvalue weighted by Crippen LogP contribution is 2.41. The van der Waals surface area contributed by atoms with Crippen LogP contribution in [0.2, 0.25) is 0 Å². The number of aryl methyl sites for hydroxylation is 1. The molecule has 138 valence electrons. The maximum atomic E-state index is 12.8. The number of rotatable bonds is 7. The van der Waals surface area contributed by atoms with Gasteiger partial charge in [0.05, 0.1) is 19.3 Å². The highest BCUT2D eigenvalue weighted by Gasteiger charge is 2.33. The van der Waals surface area contributed by atoms with Crippen molar-refractivity contribution in [3.8, 4) is 11.5 Å². The van der Waals surface area contributed by atoms with Crippen molar-refractivity contribution >= 4 is 5.91 Å². The van der Waals surface area contributed by atoms with Crippen LogP contribution in [0.3, 0.4) is 0 Å². The van der Waals surface area contributed by atoms with Crippen molar-refractivity contribution in [3.63, 3.8) is 0 Å². The number of amides is 1. The van der Waals surface area contributed by atoms with Gasteiger partial charge in [0.15, 0.2) is 11.5 Å². The van der Waals surface area contributed by atoms with E-state index in [0.717, 1.165) is 18.4 Å². The van der Waals surface area contributed by atoms with Crippen molar-refractivity contribution in [2.75, 3.05) is 7.11 Å². The Bertz CT molecular complexity index is 763. The number of carbonyl (C=O) groups excluding carboxylic acids is 1. The fourth-order valence-corrected chi connectivity index (χ4v) is 3.06. The van der Waals surface area contributed by atoms with Crippen LogP contribution in [0.5, 0.6) is 11.5 Å². The Hall–Kier alpha value is -2.49. The first-order valence-corrected chi connectivity index (χ1v) is 9.20. The van der Waals surface area contributed by atoms with Crippen molar-refractivity contribution in [3.05, 3.63) is 59.2 Å². The highest BCUT2D eigenvalue weighted by molar-refractivity contribution is 5.95. The summed E-state index contributed by atoms with van der Waals surface area (Å²) in [5.74, 6) is 1.66. The first-order valence-electron chi connectivity index (χ1n) is 9.20. The Balaban J connectivity index is 1.78. The Labute approximate surface area is 155 Å². The van der Waals surface area contributed by atoms with Gasteiger partial charge in [0.1, 0.15) is 0 Å². The van der Waals surface area contributed by atoms with Gasteiger partial charge in [0.2, 0.25) is 0 Å². The normalized spacial score (nSPS) is 14.8. The molecule has 0 aromatic heterocycles. The van der Waals surface area contributed by atoms with E-state index in [1.54, 1.807) is 25.3 Å². The third-order valence-corrected chi connectivity index (χ3v) is 4.60. The number of nitrogens with one attached hydrogen (secondary N) is 1. The largest absolute Gasteiger partial charge is 0.493 e. The molecule has 0 saturated heterocycles. The predicted octanol–water partition coefficient (Wildman–Crippen LogP) is 4.67. The zero-order valence-electron chi connectivity index (χ0n) is 15.9. The van der Waals surface area contributed by atoms with Crippen LogP contribution < -0.4 is 14.8 Å². The van der Waals surface area contributed by atoms with Gasteiger partial charge in [0.25, 0.3) is 5.91 Å². The predicted molar refractivity (Wildman–Crippen MR) is 103 cm³/mol. The van der Waals surface area contributed by atoms with E-state index in [4.69, 9.17) is 9.47 Å². The summed E-state index contributed by atoms with van der Waals surface area (Å²) in [7, 11) is 1.59. The fourth-order valence-electron chi connectivity index (χ4n) is 3.06. The van der Waals surface area contributed by atoms with E-state index in [9.17, 15) is 4.79 Å². The van der Waals surface area contributed by atoms with E-state index in [-0.39, 0.29) is 18.1 Å². The van der Waals surface area contributed by atoms with Gasteiger partial charge in [-0.1, -0.05) is 29.8 Å². The molecule has 3 rings (SSSR count). The van der Waals surface area contributed by atoms with Crippen LogP contribution in [0.15, 0.2) is 42.5 Å².